The highest BCUT2D eigenvalue weighted by molar-refractivity contribution is 5.85. The normalized spacial score (nSPS) is 11.3. The summed E-state index contributed by atoms with van der Waals surface area (Å²) in [6.07, 6.45) is 3.74. The summed E-state index contributed by atoms with van der Waals surface area (Å²) < 4.78 is 9.00. The molecule has 134 valence electrons. The van der Waals surface area contributed by atoms with Gasteiger partial charge in [0, 0.05) is 13.1 Å². The number of unbranched alkanes of at least 4 members (excludes halogenated alkanes) is 3. The third kappa shape index (κ3) is 11.3. The molecule has 0 fully saturated rings. The molecule has 0 aromatic rings. The third-order valence-corrected chi connectivity index (χ3v) is 3.25. The van der Waals surface area contributed by atoms with E-state index in [-0.39, 0.29) is 5.91 Å². The molecule has 0 aliphatic rings. The van der Waals surface area contributed by atoms with Gasteiger partial charge in [-0.3, -0.25) is 4.79 Å². The molecule has 8 heteroatoms. The van der Waals surface area contributed by atoms with Crippen molar-refractivity contribution in [2.24, 2.45) is 0 Å². The van der Waals surface area contributed by atoms with Crippen LogP contribution in [-0.2, 0) is 14.3 Å². The Labute approximate surface area is 137 Å². The first kappa shape index (κ1) is 21.0. The van der Waals surface area contributed by atoms with Crippen LogP contribution in [0.4, 0.5) is 9.59 Å². The van der Waals surface area contributed by atoms with Crippen molar-refractivity contribution in [3.05, 3.63) is 0 Å². The van der Waals surface area contributed by atoms with Crippen molar-refractivity contribution in [1.82, 2.24) is 16.0 Å². The van der Waals surface area contributed by atoms with E-state index in [1.807, 2.05) is 0 Å². The molecule has 3 amide bonds. The maximum atomic E-state index is 12.1. The topological polar surface area (TPSA) is 106 Å². The zero-order chi connectivity index (χ0) is 17.5. The monoisotopic (exact) mass is 331 g/mol. The molecular weight excluding hydrogens is 302 g/mol. The van der Waals surface area contributed by atoms with Crippen LogP contribution >= 0.6 is 0 Å². The molecule has 0 aliphatic carbocycles. The molecule has 0 aliphatic heterocycles. The average Bonchev–Trinajstić information content (AvgIpc) is 2.56. The molecule has 0 radical (unpaired) electrons. The average molecular weight is 331 g/mol. The molecule has 0 bridgehead atoms. The fourth-order valence-corrected chi connectivity index (χ4v) is 1.92. The second-order valence-electron chi connectivity index (χ2n) is 5.10. The fraction of sp³-hybridized carbons (Fsp3) is 0.800. The minimum absolute atomic E-state index is 0.215. The van der Waals surface area contributed by atoms with Crippen molar-refractivity contribution in [3.8, 4) is 0 Å². The molecule has 0 heterocycles. The van der Waals surface area contributed by atoms with E-state index in [2.05, 4.69) is 32.3 Å². The SMILES string of the molecule is CCCCCNC(=O)[C@H](CCCCNC(=O)OC)NC(=O)OC. The Morgan fingerprint density at radius 3 is 2.09 bits per heavy atom. The highest BCUT2D eigenvalue weighted by Crippen LogP contribution is 2.02. The van der Waals surface area contributed by atoms with Gasteiger partial charge in [0.05, 0.1) is 14.2 Å². The van der Waals surface area contributed by atoms with E-state index in [9.17, 15) is 14.4 Å². The van der Waals surface area contributed by atoms with Gasteiger partial charge in [-0.25, -0.2) is 9.59 Å². The molecule has 1 atom stereocenters. The highest BCUT2D eigenvalue weighted by atomic mass is 16.5. The van der Waals surface area contributed by atoms with Crippen molar-refractivity contribution in [2.45, 2.75) is 51.5 Å². The Hall–Kier alpha value is -1.99. The van der Waals surface area contributed by atoms with Gasteiger partial charge >= 0.3 is 12.2 Å². The molecule has 0 saturated heterocycles. The largest absolute Gasteiger partial charge is 0.453 e. The number of alkyl carbamates (subject to hydrolysis) is 2. The molecule has 0 aromatic carbocycles. The first-order valence-electron chi connectivity index (χ1n) is 7.99. The fourth-order valence-electron chi connectivity index (χ4n) is 1.92. The first-order chi connectivity index (χ1) is 11.0. The Kier molecular flexibility index (Phi) is 12.5. The summed E-state index contributed by atoms with van der Waals surface area (Å²) in [4.78, 5) is 34.3. The molecule has 0 aromatic heterocycles. The van der Waals surface area contributed by atoms with E-state index in [1.165, 1.54) is 14.2 Å². The molecule has 0 spiro atoms. The minimum atomic E-state index is -0.637. The molecule has 8 nitrogen and oxygen atoms in total. The summed E-state index contributed by atoms with van der Waals surface area (Å²) in [5, 5.41) is 7.91. The summed E-state index contributed by atoms with van der Waals surface area (Å²) >= 11 is 0. The van der Waals surface area contributed by atoms with Crippen LogP contribution in [0.1, 0.15) is 45.4 Å². The predicted molar refractivity (Wildman–Crippen MR) is 86.1 cm³/mol. The lowest BCUT2D eigenvalue weighted by Crippen LogP contribution is -2.47. The van der Waals surface area contributed by atoms with Gasteiger partial charge in [0.15, 0.2) is 0 Å². The molecule has 0 rings (SSSR count). The lowest BCUT2D eigenvalue weighted by atomic mass is 10.1. The lowest BCUT2D eigenvalue weighted by Gasteiger charge is -2.17. The van der Waals surface area contributed by atoms with Gasteiger partial charge in [0.2, 0.25) is 5.91 Å². The van der Waals surface area contributed by atoms with E-state index in [1.54, 1.807) is 0 Å². The van der Waals surface area contributed by atoms with Crippen LogP contribution in [0.25, 0.3) is 0 Å². The van der Waals surface area contributed by atoms with Gasteiger partial charge in [-0.15, -0.1) is 0 Å². The van der Waals surface area contributed by atoms with Crippen LogP contribution < -0.4 is 16.0 Å². The molecular formula is C15H29N3O5. The summed E-state index contributed by atoms with van der Waals surface area (Å²) in [6, 6.07) is -0.637. The smallest absolute Gasteiger partial charge is 0.407 e. The van der Waals surface area contributed by atoms with Crippen molar-refractivity contribution in [2.75, 3.05) is 27.3 Å². The van der Waals surface area contributed by atoms with Crippen LogP contribution in [0.2, 0.25) is 0 Å². The summed E-state index contributed by atoms with van der Waals surface area (Å²) in [5.74, 6) is -0.215. The van der Waals surface area contributed by atoms with Crippen molar-refractivity contribution in [3.63, 3.8) is 0 Å². The number of carbonyl (C=O) groups is 3. The zero-order valence-electron chi connectivity index (χ0n) is 14.3. The Morgan fingerprint density at radius 2 is 1.48 bits per heavy atom. The standard InChI is InChI=1S/C15H29N3O5/c1-4-5-7-10-16-13(19)12(18-15(21)23-3)9-6-8-11-17-14(20)22-2/h12H,4-11H2,1-3H3,(H,16,19)(H,17,20)(H,18,21)/t12-/m0/s1. The number of hydrogen-bond donors (Lipinski definition) is 3. The van der Waals surface area contributed by atoms with Gasteiger partial charge in [-0.1, -0.05) is 19.8 Å². The number of carbonyl (C=O) groups excluding carboxylic acids is 3. The lowest BCUT2D eigenvalue weighted by molar-refractivity contribution is -0.123. The minimum Gasteiger partial charge on any atom is -0.453 e. The van der Waals surface area contributed by atoms with Crippen LogP contribution in [0, 0.1) is 0 Å². The van der Waals surface area contributed by atoms with Gasteiger partial charge in [0.1, 0.15) is 6.04 Å². The summed E-state index contributed by atoms with van der Waals surface area (Å²) in [6.45, 7) is 3.14. The second kappa shape index (κ2) is 13.7. The third-order valence-electron chi connectivity index (χ3n) is 3.25. The van der Waals surface area contributed by atoms with Gasteiger partial charge in [-0.05, 0) is 25.7 Å². The number of nitrogens with one attached hydrogen (secondary N) is 3. The van der Waals surface area contributed by atoms with E-state index in [0.717, 1.165) is 19.3 Å². The summed E-state index contributed by atoms with van der Waals surface area (Å²) in [5.41, 5.74) is 0. The second-order valence-corrected chi connectivity index (χ2v) is 5.10. The summed E-state index contributed by atoms with van der Waals surface area (Å²) in [7, 11) is 2.56. The number of hydrogen-bond acceptors (Lipinski definition) is 5. The number of amides is 3. The Morgan fingerprint density at radius 1 is 0.870 bits per heavy atom. The molecule has 23 heavy (non-hydrogen) atoms. The molecule has 0 unspecified atom stereocenters. The maximum Gasteiger partial charge on any atom is 0.407 e. The van der Waals surface area contributed by atoms with Crippen molar-refractivity contribution >= 4 is 18.1 Å². The molecule has 3 N–H and O–H groups in total. The van der Waals surface area contributed by atoms with Gasteiger partial charge < -0.3 is 25.4 Å². The van der Waals surface area contributed by atoms with Crippen molar-refractivity contribution < 1.29 is 23.9 Å². The quantitative estimate of drug-likeness (QED) is 0.498. The van der Waals surface area contributed by atoms with E-state index in [0.29, 0.717) is 32.4 Å². The highest BCUT2D eigenvalue weighted by Gasteiger charge is 2.20. The van der Waals surface area contributed by atoms with E-state index >= 15 is 0 Å². The first-order valence-corrected chi connectivity index (χ1v) is 7.99. The predicted octanol–water partition coefficient (Wildman–Crippen LogP) is 1.54. The number of ether oxygens (including phenoxy) is 2. The van der Waals surface area contributed by atoms with Crippen LogP contribution in [0.15, 0.2) is 0 Å². The van der Waals surface area contributed by atoms with E-state index < -0.39 is 18.2 Å². The van der Waals surface area contributed by atoms with Gasteiger partial charge in [-0.2, -0.15) is 0 Å². The van der Waals surface area contributed by atoms with Crippen LogP contribution in [0.5, 0.6) is 0 Å². The van der Waals surface area contributed by atoms with Crippen LogP contribution in [-0.4, -0.2) is 51.4 Å². The van der Waals surface area contributed by atoms with E-state index in [4.69, 9.17) is 0 Å². The Bertz CT molecular complexity index is 363. The Balaban J connectivity index is 4.15. The van der Waals surface area contributed by atoms with Crippen molar-refractivity contribution in [1.29, 1.82) is 0 Å². The molecule has 0 saturated carbocycles. The maximum absolute atomic E-state index is 12.1. The van der Waals surface area contributed by atoms with Gasteiger partial charge in [0.25, 0.3) is 0 Å². The number of rotatable bonds is 11. The van der Waals surface area contributed by atoms with Crippen LogP contribution in [0.3, 0.4) is 0 Å². The number of methoxy groups -OCH3 is 2. The zero-order valence-corrected chi connectivity index (χ0v) is 14.3.